The summed E-state index contributed by atoms with van der Waals surface area (Å²) in [5, 5.41) is 5.90. The topological polar surface area (TPSA) is 68.5 Å². The Morgan fingerprint density at radius 1 is 1.55 bits per heavy atom. The molecule has 2 aromatic heterocycles. The minimum atomic E-state index is -0.112. The van der Waals surface area contributed by atoms with Gasteiger partial charge < -0.3 is 14.2 Å². The number of carbonyl (C=O) groups excluding carboxylic acids is 1. The van der Waals surface area contributed by atoms with Gasteiger partial charge in [0.1, 0.15) is 12.6 Å². The third-order valence-corrected chi connectivity index (χ3v) is 4.65. The minimum Gasteiger partial charge on any atom is -0.377 e. The van der Waals surface area contributed by atoms with Crippen molar-refractivity contribution in [2.45, 2.75) is 38.3 Å². The van der Waals surface area contributed by atoms with Crippen molar-refractivity contribution in [3.8, 4) is 0 Å². The van der Waals surface area contributed by atoms with Crippen LogP contribution < -0.4 is 0 Å². The molecule has 1 aliphatic heterocycles. The molecule has 0 spiro atoms. The lowest BCUT2D eigenvalue weighted by Gasteiger charge is -2.33. The first-order valence-corrected chi connectivity index (χ1v) is 8.29. The summed E-state index contributed by atoms with van der Waals surface area (Å²) in [5.41, 5.74) is 0. The number of hydrogen-bond acceptors (Lipinski definition) is 6. The van der Waals surface area contributed by atoms with E-state index < -0.39 is 0 Å². The van der Waals surface area contributed by atoms with E-state index in [2.05, 4.69) is 10.1 Å². The van der Waals surface area contributed by atoms with E-state index in [1.54, 1.807) is 18.4 Å². The van der Waals surface area contributed by atoms with Gasteiger partial charge in [-0.3, -0.25) is 4.79 Å². The average molecular weight is 321 g/mol. The predicted octanol–water partition coefficient (Wildman–Crippen LogP) is 2.57. The summed E-state index contributed by atoms with van der Waals surface area (Å²) in [6.07, 6.45) is 3.39. The fourth-order valence-electron chi connectivity index (χ4n) is 2.74. The van der Waals surface area contributed by atoms with E-state index >= 15 is 0 Å². The van der Waals surface area contributed by atoms with Crippen molar-refractivity contribution in [1.82, 2.24) is 15.0 Å². The van der Waals surface area contributed by atoms with Gasteiger partial charge in [-0.15, -0.1) is 11.3 Å². The smallest absolute Gasteiger partial charge is 0.249 e. The third-order valence-electron chi connectivity index (χ3n) is 3.77. The van der Waals surface area contributed by atoms with Crippen LogP contribution in [0.3, 0.4) is 0 Å². The molecule has 0 radical (unpaired) electrons. The molecule has 1 saturated heterocycles. The summed E-state index contributed by atoms with van der Waals surface area (Å²) in [4.78, 5) is 19.9. The summed E-state index contributed by atoms with van der Waals surface area (Å²) < 4.78 is 10.3. The van der Waals surface area contributed by atoms with Crippen molar-refractivity contribution in [2.24, 2.45) is 0 Å². The van der Waals surface area contributed by atoms with Crippen LogP contribution in [0, 0.1) is 0 Å². The zero-order valence-corrected chi connectivity index (χ0v) is 13.3. The van der Waals surface area contributed by atoms with E-state index in [0.717, 1.165) is 30.7 Å². The Morgan fingerprint density at radius 3 is 3.23 bits per heavy atom. The molecule has 2 aromatic rings. The summed E-state index contributed by atoms with van der Waals surface area (Å²) in [5.74, 6) is 1.17. The van der Waals surface area contributed by atoms with Crippen LogP contribution >= 0.6 is 11.3 Å². The second kappa shape index (κ2) is 7.02. The van der Waals surface area contributed by atoms with Crippen molar-refractivity contribution in [1.29, 1.82) is 0 Å². The molecule has 1 aliphatic rings. The summed E-state index contributed by atoms with van der Waals surface area (Å²) >= 11 is 1.61. The molecule has 3 heterocycles. The SMILES string of the molecule is COCc1noc([C@@H]2CCCCN2C(=O)Cc2cccs2)n1. The molecule has 22 heavy (non-hydrogen) atoms. The van der Waals surface area contributed by atoms with E-state index in [4.69, 9.17) is 9.26 Å². The quantitative estimate of drug-likeness (QED) is 0.846. The van der Waals surface area contributed by atoms with E-state index in [9.17, 15) is 4.79 Å². The number of hydrogen-bond donors (Lipinski definition) is 0. The second-order valence-electron chi connectivity index (χ2n) is 5.34. The lowest BCUT2D eigenvalue weighted by molar-refractivity contribution is -0.134. The van der Waals surface area contributed by atoms with E-state index in [-0.39, 0.29) is 11.9 Å². The highest BCUT2D eigenvalue weighted by molar-refractivity contribution is 7.10. The van der Waals surface area contributed by atoms with Crippen molar-refractivity contribution >= 4 is 17.2 Å². The van der Waals surface area contributed by atoms with Gasteiger partial charge in [-0.25, -0.2) is 0 Å². The Kier molecular flexibility index (Phi) is 4.84. The van der Waals surface area contributed by atoms with Gasteiger partial charge in [0.25, 0.3) is 0 Å². The Bertz CT molecular complexity index is 611. The molecule has 118 valence electrons. The van der Waals surface area contributed by atoms with Crippen LogP contribution in [0.4, 0.5) is 0 Å². The Morgan fingerprint density at radius 2 is 2.45 bits per heavy atom. The average Bonchev–Trinajstić information content (AvgIpc) is 3.19. The number of amides is 1. The van der Waals surface area contributed by atoms with Gasteiger partial charge in [0.15, 0.2) is 5.82 Å². The molecule has 3 rings (SSSR count). The molecule has 6 nitrogen and oxygen atoms in total. The van der Waals surface area contributed by atoms with Gasteiger partial charge >= 0.3 is 0 Å². The zero-order chi connectivity index (χ0) is 15.4. The van der Waals surface area contributed by atoms with Crippen molar-refractivity contribution in [2.75, 3.05) is 13.7 Å². The van der Waals surface area contributed by atoms with E-state index in [0.29, 0.717) is 24.7 Å². The lowest BCUT2D eigenvalue weighted by Crippen LogP contribution is -2.39. The number of likely N-dealkylation sites (tertiary alicyclic amines) is 1. The number of aromatic nitrogens is 2. The van der Waals surface area contributed by atoms with Gasteiger partial charge in [0, 0.05) is 18.5 Å². The molecule has 0 aromatic carbocycles. The maximum Gasteiger partial charge on any atom is 0.249 e. The van der Waals surface area contributed by atoms with Crippen LogP contribution in [0.2, 0.25) is 0 Å². The fraction of sp³-hybridized carbons (Fsp3) is 0.533. The van der Waals surface area contributed by atoms with Crippen LogP contribution in [0.15, 0.2) is 22.0 Å². The summed E-state index contributed by atoms with van der Waals surface area (Å²) in [6.45, 7) is 1.07. The highest BCUT2D eigenvalue weighted by Gasteiger charge is 2.32. The molecule has 1 fully saturated rings. The van der Waals surface area contributed by atoms with Gasteiger partial charge in [-0.1, -0.05) is 11.2 Å². The summed E-state index contributed by atoms with van der Waals surface area (Å²) in [6, 6.07) is 3.85. The second-order valence-corrected chi connectivity index (χ2v) is 6.37. The maximum atomic E-state index is 12.6. The van der Waals surface area contributed by atoms with Crippen molar-refractivity contribution in [3.63, 3.8) is 0 Å². The molecule has 0 N–H and O–H groups in total. The Hall–Kier alpha value is -1.73. The molecule has 1 amide bonds. The van der Waals surface area contributed by atoms with Crippen LogP contribution in [0.5, 0.6) is 0 Å². The van der Waals surface area contributed by atoms with Gasteiger partial charge in [0.2, 0.25) is 11.8 Å². The molecule has 0 aliphatic carbocycles. The molecule has 1 atom stereocenters. The van der Waals surface area contributed by atoms with Crippen molar-refractivity contribution < 1.29 is 14.1 Å². The van der Waals surface area contributed by atoms with Crippen LogP contribution in [0.25, 0.3) is 0 Å². The number of ether oxygens (including phenoxy) is 1. The highest BCUT2D eigenvalue weighted by Crippen LogP contribution is 2.30. The highest BCUT2D eigenvalue weighted by atomic mass is 32.1. The van der Waals surface area contributed by atoms with E-state index in [1.807, 2.05) is 22.4 Å². The first kappa shape index (κ1) is 15.2. The van der Waals surface area contributed by atoms with E-state index in [1.165, 1.54) is 0 Å². The molecular weight excluding hydrogens is 302 g/mol. The summed E-state index contributed by atoms with van der Waals surface area (Å²) in [7, 11) is 1.59. The fourth-order valence-corrected chi connectivity index (χ4v) is 3.44. The van der Waals surface area contributed by atoms with Crippen LogP contribution in [-0.4, -0.2) is 34.6 Å². The number of methoxy groups -OCH3 is 1. The number of carbonyl (C=O) groups is 1. The van der Waals surface area contributed by atoms with Crippen LogP contribution in [0.1, 0.15) is 41.9 Å². The largest absolute Gasteiger partial charge is 0.377 e. The molecule has 0 bridgehead atoms. The van der Waals surface area contributed by atoms with Gasteiger partial charge in [0.05, 0.1) is 6.42 Å². The number of thiophene rings is 1. The Labute approximate surface area is 133 Å². The number of rotatable bonds is 5. The van der Waals surface area contributed by atoms with Gasteiger partial charge in [-0.2, -0.15) is 4.98 Å². The first-order valence-electron chi connectivity index (χ1n) is 7.41. The van der Waals surface area contributed by atoms with Crippen molar-refractivity contribution in [3.05, 3.63) is 34.1 Å². The molecule has 0 unspecified atom stereocenters. The van der Waals surface area contributed by atoms with Gasteiger partial charge in [-0.05, 0) is 30.7 Å². The Balaban J connectivity index is 1.73. The molecule has 0 saturated carbocycles. The minimum absolute atomic E-state index is 0.112. The molecular formula is C15H19N3O3S. The zero-order valence-electron chi connectivity index (χ0n) is 12.5. The lowest BCUT2D eigenvalue weighted by atomic mass is 10.0. The number of nitrogens with zero attached hydrogens (tertiary/aromatic N) is 3. The third kappa shape index (κ3) is 3.36. The number of piperidine rings is 1. The standard InChI is InChI=1S/C15H19N3O3S/c1-20-10-13-16-15(21-17-13)12-6-2-3-7-18(12)14(19)9-11-5-4-8-22-11/h4-5,8,12H,2-3,6-7,9-10H2,1H3/t12-/m0/s1. The predicted molar refractivity (Wildman–Crippen MR) is 81.3 cm³/mol. The monoisotopic (exact) mass is 321 g/mol. The van der Waals surface area contributed by atoms with Crippen LogP contribution in [-0.2, 0) is 22.6 Å². The normalized spacial score (nSPS) is 18.6. The maximum absolute atomic E-state index is 12.6. The first-order chi connectivity index (χ1) is 10.8. The molecule has 7 heteroatoms.